The summed E-state index contributed by atoms with van der Waals surface area (Å²) < 4.78 is 0. The van der Waals surface area contributed by atoms with Gasteiger partial charge in [0.2, 0.25) is 0 Å². The van der Waals surface area contributed by atoms with Gasteiger partial charge >= 0.3 is 5.97 Å². The number of carbonyl (C=O) groups is 1. The molecule has 0 saturated carbocycles. The van der Waals surface area contributed by atoms with E-state index in [0.29, 0.717) is 6.42 Å². The molecule has 0 bridgehead atoms. The van der Waals surface area contributed by atoms with E-state index in [-0.39, 0.29) is 0 Å². The summed E-state index contributed by atoms with van der Waals surface area (Å²) >= 11 is 0. The van der Waals surface area contributed by atoms with E-state index < -0.39 is 5.97 Å². The lowest BCUT2D eigenvalue weighted by Gasteiger charge is -1.96. The molecule has 0 aromatic carbocycles. The summed E-state index contributed by atoms with van der Waals surface area (Å²) in [6.45, 7) is 2.24. The first-order valence-electron chi connectivity index (χ1n) is 8.94. The minimum atomic E-state index is -0.678. The molecule has 2 nitrogen and oxygen atoms in total. The van der Waals surface area contributed by atoms with Gasteiger partial charge in [-0.15, -0.1) is 0 Å². The Kier molecular flexibility index (Phi) is 16.7. The zero-order chi connectivity index (χ0) is 16.3. The molecule has 0 unspecified atom stereocenters. The highest BCUT2D eigenvalue weighted by atomic mass is 16.4. The zero-order valence-corrected chi connectivity index (χ0v) is 14.3. The standard InChI is InChI=1S/C20H34O2/c1-2-3-4-5-6-7-8-9-10-11-12-13-14-15-16-17-18-19-20(21)22/h6-7,9-10,12-13H,2-5,8,11,14-19H2,1H3,(H,21,22)/b7-6-,10-9+,13-12-. The van der Waals surface area contributed by atoms with Crippen molar-refractivity contribution in [2.24, 2.45) is 0 Å². The van der Waals surface area contributed by atoms with Crippen molar-refractivity contribution in [3.05, 3.63) is 36.5 Å². The van der Waals surface area contributed by atoms with Crippen molar-refractivity contribution < 1.29 is 9.90 Å². The quantitative estimate of drug-likeness (QED) is 0.279. The van der Waals surface area contributed by atoms with E-state index in [2.05, 4.69) is 43.4 Å². The molecule has 0 amide bonds. The van der Waals surface area contributed by atoms with Gasteiger partial charge in [0.1, 0.15) is 0 Å². The van der Waals surface area contributed by atoms with Crippen molar-refractivity contribution >= 4 is 5.97 Å². The van der Waals surface area contributed by atoms with Crippen LogP contribution in [-0.4, -0.2) is 11.1 Å². The van der Waals surface area contributed by atoms with Gasteiger partial charge in [-0.25, -0.2) is 0 Å². The fraction of sp³-hybridized carbons (Fsp3) is 0.650. The summed E-state index contributed by atoms with van der Waals surface area (Å²) in [4.78, 5) is 10.3. The van der Waals surface area contributed by atoms with E-state index in [1.54, 1.807) is 0 Å². The molecule has 0 aliphatic heterocycles. The highest BCUT2D eigenvalue weighted by Gasteiger charge is 1.95. The van der Waals surface area contributed by atoms with E-state index in [0.717, 1.165) is 38.5 Å². The molecule has 0 saturated heterocycles. The highest BCUT2D eigenvalue weighted by molar-refractivity contribution is 5.66. The van der Waals surface area contributed by atoms with Gasteiger partial charge in [0.25, 0.3) is 0 Å². The van der Waals surface area contributed by atoms with Crippen LogP contribution in [0, 0.1) is 0 Å². The average Bonchev–Trinajstić information content (AvgIpc) is 2.50. The van der Waals surface area contributed by atoms with E-state index >= 15 is 0 Å². The van der Waals surface area contributed by atoms with Crippen LogP contribution in [0.3, 0.4) is 0 Å². The van der Waals surface area contributed by atoms with Gasteiger partial charge in [0.15, 0.2) is 0 Å². The van der Waals surface area contributed by atoms with Gasteiger partial charge in [-0.1, -0.05) is 69.1 Å². The first kappa shape index (κ1) is 20.7. The van der Waals surface area contributed by atoms with Gasteiger partial charge < -0.3 is 5.11 Å². The second-order valence-corrected chi connectivity index (χ2v) is 5.73. The number of hydrogen-bond donors (Lipinski definition) is 1. The minimum absolute atomic E-state index is 0.313. The normalized spacial score (nSPS) is 12.0. The molecule has 0 aromatic rings. The number of rotatable bonds is 15. The summed E-state index contributed by atoms with van der Waals surface area (Å²) in [5.41, 5.74) is 0. The Hall–Kier alpha value is -1.31. The largest absolute Gasteiger partial charge is 0.481 e. The lowest BCUT2D eigenvalue weighted by atomic mass is 10.1. The van der Waals surface area contributed by atoms with Crippen LogP contribution in [0.5, 0.6) is 0 Å². The molecule has 1 N–H and O–H groups in total. The number of aliphatic carboxylic acids is 1. The van der Waals surface area contributed by atoms with Crippen LogP contribution in [0.15, 0.2) is 36.5 Å². The third kappa shape index (κ3) is 18.7. The molecule has 22 heavy (non-hydrogen) atoms. The fourth-order valence-corrected chi connectivity index (χ4v) is 2.18. The highest BCUT2D eigenvalue weighted by Crippen LogP contribution is 2.06. The predicted octanol–water partition coefficient (Wildman–Crippen LogP) is 6.44. The molecule has 0 spiro atoms. The molecule has 0 aliphatic rings. The Morgan fingerprint density at radius 2 is 1.23 bits per heavy atom. The van der Waals surface area contributed by atoms with Crippen molar-refractivity contribution in [3.63, 3.8) is 0 Å². The average molecular weight is 306 g/mol. The number of allylic oxidation sites excluding steroid dienone is 6. The second kappa shape index (κ2) is 17.7. The molecular formula is C20H34O2. The zero-order valence-electron chi connectivity index (χ0n) is 14.3. The van der Waals surface area contributed by atoms with Crippen LogP contribution >= 0.6 is 0 Å². The molecule has 0 rings (SSSR count). The molecule has 0 heterocycles. The lowest BCUT2D eigenvalue weighted by Crippen LogP contribution is -1.93. The van der Waals surface area contributed by atoms with Crippen LogP contribution < -0.4 is 0 Å². The molecule has 0 aliphatic carbocycles. The molecule has 0 aromatic heterocycles. The number of unbranched alkanes of at least 4 members (excludes halogenated alkanes) is 7. The van der Waals surface area contributed by atoms with Gasteiger partial charge in [0, 0.05) is 6.42 Å². The number of carboxylic acid groups (broad SMARTS) is 1. The van der Waals surface area contributed by atoms with Gasteiger partial charge in [-0.2, -0.15) is 0 Å². The third-order valence-electron chi connectivity index (χ3n) is 3.53. The maximum absolute atomic E-state index is 10.3. The number of carboxylic acids is 1. The minimum Gasteiger partial charge on any atom is -0.481 e. The lowest BCUT2D eigenvalue weighted by molar-refractivity contribution is -0.137. The smallest absolute Gasteiger partial charge is 0.303 e. The van der Waals surface area contributed by atoms with Crippen molar-refractivity contribution in [1.82, 2.24) is 0 Å². The Morgan fingerprint density at radius 3 is 1.77 bits per heavy atom. The summed E-state index contributed by atoms with van der Waals surface area (Å²) in [6, 6.07) is 0. The monoisotopic (exact) mass is 306 g/mol. The van der Waals surface area contributed by atoms with E-state index in [9.17, 15) is 4.79 Å². The first-order chi connectivity index (χ1) is 10.8. The maximum Gasteiger partial charge on any atom is 0.303 e. The van der Waals surface area contributed by atoms with Crippen LogP contribution in [0.4, 0.5) is 0 Å². The molecule has 0 fully saturated rings. The van der Waals surface area contributed by atoms with Gasteiger partial charge in [-0.05, 0) is 44.9 Å². The molecule has 2 heteroatoms. The second-order valence-electron chi connectivity index (χ2n) is 5.73. The van der Waals surface area contributed by atoms with Crippen LogP contribution in [0.25, 0.3) is 0 Å². The van der Waals surface area contributed by atoms with Crippen LogP contribution in [-0.2, 0) is 4.79 Å². The van der Waals surface area contributed by atoms with Crippen molar-refractivity contribution in [2.75, 3.05) is 0 Å². The molecule has 126 valence electrons. The summed E-state index contributed by atoms with van der Waals surface area (Å²) in [7, 11) is 0. The summed E-state index contributed by atoms with van der Waals surface area (Å²) in [5.74, 6) is -0.678. The fourth-order valence-electron chi connectivity index (χ4n) is 2.18. The van der Waals surface area contributed by atoms with Crippen LogP contribution in [0.1, 0.15) is 84.0 Å². The summed E-state index contributed by atoms with van der Waals surface area (Å²) in [5, 5.41) is 8.52. The Labute approximate surface area is 137 Å². The predicted molar refractivity (Wildman–Crippen MR) is 96.1 cm³/mol. The molecular weight excluding hydrogens is 272 g/mol. The van der Waals surface area contributed by atoms with Gasteiger partial charge in [0.05, 0.1) is 0 Å². The van der Waals surface area contributed by atoms with E-state index in [4.69, 9.17) is 5.11 Å². The molecule has 0 atom stereocenters. The summed E-state index contributed by atoms with van der Waals surface area (Å²) in [6.07, 6.45) is 26.3. The van der Waals surface area contributed by atoms with Crippen molar-refractivity contribution in [2.45, 2.75) is 84.0 Å². The van der Waals surface area contributed by atoms with Crippen molar-refractivity contribution in [3.8, 4) is 0 Å². The SMILES string of the molecule is CCCCC/C=C\C/C=C/C/C=C\CCCCCCC(=O)O. The first-order valence-corrected chi connectivity index (χ1v) is 8.94. The van der Waals surface area contributed by atoms with Crippen LogP contribution in [0.2, 0.25) is 0 Å². The van der Waals surface area contributed by atoms with E-state index in [1.165, 1.54) is 32.1 Å². The Bertz CT molecular complexity index is 327. The Morgan fingerprint density at radius 1 is 0.727 bits per heavy atom. The topological polar surface area (TPSA) is 37.3 Å². The Balaban J connectivity index is 3.29. The number of hydrogen-bond acceptors (Lipinski definition) is 1. The van der Waals surface area contributed by atoms with Crippen molar-refractivity contribution in [1.29, 1.82) is 0 Å². The van der Waals surface area contributed by atoms with Gasteiger partial charge in [-0.3, -0.25) is 4.79 Å². The molecule has 0 radical (unpaired) electrons. The third-order valence-corrected chi connectivity index (χ3v) is 3.53. The van der Waals surface area contributed by atoms with E-state index in [1.807, 2.05) is 0 Å². The maximum atomic E-state index is 10.3.